The molecule has 0 bridgehead atoms. The fourth-order valence-electron chi connectivity index (χ4n) is 2.64. The number of anilines is 3. The van der Waals surface area contributed by atoms with Gasteiger partial charge in [0.05, 0.1) is 11.4 Å². The normalized spacial score (nSPS) is 12.4. The molecule has 0 unspecified atom stereocenters. The van der Waals surface area contributed by atoms with Crippen LogP contribution in [-0.4, -0.2) is 0 Å². The van der Waals surface area contributed by atoms with Crippen LogP contribution >= 0.6 is 0 Å². The molecule has 22 heavy (non-hydrogen) atoms. The second kappa shape index (κ2) is 4.84. The average molecular weight is 295 g/mol. The molecule has 0 radical (unpaired) electrons. The van der Waals surface area contributed by atoms with Gasteiger partial charge in [-0.15, -0.1) is 0 Å². The first-order valence-corrected chi connectivity index (χ1v) is 6.85. The highest BCUT2D eigenvalue weighted by molar-refractivity contribution is 5.86. The molecule has 108 valence electrons. The molecule has 0 aromatic heterocycles. The van der Waals surface area contributed by atoms with E-state index in [2.05, 4.69) is 0 Å². The van der Waals surface area contributed by atoms with Crippen LogP contribution in [0.4, 0.5) is 25.8 Å². The van der Waals surface area contributed by atoms with E-state index in [1.165, 1.54) is 6.07 Å². The summed E-state index contributed by atoms with van der Waals surface area (Å²) >= 11 is 0. The summed E-state index contributed by atoms with van der Waals surface area (Å²) in [5.74, 6) is -0.793. The molecule has 3 aromatic carbocycles. The van der Waals surface area contributed by atoms with Gasteiger partial charge in [0.15, 0.2) is 17.3 Å². The maximum Gasteiger partial charge on any atom is 0.187 e. The number of para-hydroxylation sites is 3. The predicted molar refractivity (Wildman–Crippen MR) is 81.1 cm³/mol. The van der Waals surface area contributed by atoms with Crippen molar-refractivity contribution in [1.82, 2.24) is 0 Å². The van der Waals surface area contributed by atoms with Crippen molar-refractivity contribution in [2.75, 3.05) is 4.90 Å². The summed E-state index contributed by atoms with van der Waals surface area (Å²) in [4.78, 5) is 1.79. The van der Waals surface area contributed by atoms with E-state index in [-0.39, 0.29) is 5.75 Å². The van der Waals surface area contributed by atoms with Gasteiger partial charge in [0.25, 0.3) is 0 Å². The zero-order valence-corrected chi connectivity index (χ0v) is 11.5. The molecule has 4 rings (SSSR count). The third kappa shape index (κ3) is 1.92. The quantitative estimate of drug-likeness (QED) is 0.457. The molecular formula is C18H11F2NO. The number of benzene rings is 3. The van der Waals surface area contributed by atoms with Crippen LogP contribution in [-0.2, 0) is 0 Å². The highest BCUT2D eigenvalue weighted by atomic mass is 19.1. The number of ether oxygens (including phenoxy) is 1. The molecule has 4 heteroatoms. The van der Waals surface area contributed by atoms with Gasteiger partial charge >= 0.3 is 0 Å². The molecule has 1 heterocycles. The Morgan fingerprint density at radius 2 is 1.50 bits per heavy atom. The van der Waals surface area contributed by atoms with Gasteiger partial charge in [-0.3, -0.25) is 0 Å². The topological polar surface area (TPSA) is 12.5 Å². The molecule has 0 aliphatic carbocycles. The number of hydrogen-bond donors (Lipinski definition) is 0. The third-order valence-electron chi connectivity index (χ3n) is 3.56. The Kier molecular flexibility index (Phi) is 2.82. The van der Waals surface area contributed by atoms with Crippen molar-refractivity contribution in [3.63, 3.8) is 0 Å². The molecule has 3 aromatic rings. The minimum Gasteiger partial charge on any atom is -0.450 e. The van der Waals surface area contributed by atoms with Crippen LogP contribution in [0, 0.1) is 11.6 Å². The largest absolute Gasteiger partial charge is 0.450 e. The highest BCUT2D eigenvalue weighted by Crippen LogP contribution is 2.51. The standard InChI is InChI=1S/C18H11F2NO/c19-12-10-14(20)18-16(11-12)21(13-6-2-1-3-7-13)15-8-4-5-9-17(15)22-18/h1-11H. The lowest BCUT2D eigenvalue weighted by Gasteiger charge is -2.32. The molecule has 0 spiro atoms. The monoisotopic (exact) mass is 295 g/mol. The average Bonchev–Trinajstić information content (AvgIpc) is 2.54. The fraction of sp³-hybridized carbons (Fsp3) is 0. The smallest absolute Gasteiger partial charge is 0.187 e. The van der Waals surface area contributed by atoms with Gasteiger partial charge in [0.1, 0.15) is 5.82 Å². The second-order valence-corrected chi connectivity index (χ2v) is 4.98. The van der Waals surface area contributed by atoms with E-state index in [0.717, 1.165) is 17.4 Å². The SMILES string of the molecule is Fc1cc(F)c2c(c1)N(c1ccccc1)c1ccccc1O2. The third-order valence-corrected chi connectivity index (χ3v) is 3.56. The molecule has 0 atom stereocenters. The first-order chi connectivity index (χ1) is 10.7. The fourth-order valence-corrected chi connectivity index (χ4v) is 2.64. The van der Waals surface area contributed by atoms with E-state index >= 15 is 0 Å². The van der Waals surface area contributed by atoms with Crippen molar-refractivity contribution >= 4 is 17.1 Å². The lowest BCUT2D eigenvalue weighted by atomic mass is 10.1. The summed E-state index contributed by atoms with van der Waals surface area (Å²) in [5, 5.41) is 0. The molecule has 0 amide bonds. The van der Waals surface area contributed by atoms with Crippen molar-refractivity contribution in [3.05, 3.63) is 78.4 Å². The Morgan fingerprint density at radius 3 is 2.32 bits per heavy atom. The summed E-state index contributed by atoms with van der Waals surface area (Å²) in [7, 11) is 0. The van der Waals surface area contributed by atoms with Crippen LogP contribution in [0.5, 0.6) is 11.5 Å². The van der Waals surface area contributed by atoms with Crippen molar-refractivity contribution in [2.45, 2.75) is 0 Å². The Bertz CT molecular complexity index is 849. The molecule has 1 aliphatic heterocycles. The van der Waals surface area contributed by atoms with Gasteiger partial charge in [-0.1, -0.05) is 30.3 Å². The molecule has 1 aliphatic rings. The Hall–Kier alpha value is -2.88. The van der Waals surface area contributed by atoms with Gasteiger partial charge in [0.2, 0.25) is 0 Å². The first-order valence-electron chi connectivity index (χ1n) is 6.85. The zero-order valence-electron chi connectivity index (χ0n) is 11.5. The minimum absolute atomic E-state index is 0.0314. The Balaban J connectivity index is 2.01. The molecule has 0 N–H and O–H groups in total. The van der Waals surface area contributed by atoms with Gasteiger partial charge in [-0.05, 0) is 24.3 Å². The number of fused-ring (bicyclic) bond motifs is 2. The molecule has 0 fully saturated rings. The van der Waals surface area contributed by atoms with Gasteiger partial charge in [0, 0.05) is 17.8 Å². The minimum atomic E-state index is -0.717. The van der Waals surface area contributed by atoms with Crippen molar-refractivity contribution in [3.8, 4) is 11.5 Å². The zero-order chi connectivity index (χ0) is 15.1. The van der Waals surface area contributed by atoms with Crippen LogP contribution in [0.25, 0.3) is 0 Å². The first kappa shape index (κ1) is 12.8. The molecule has 2 nitrogen and oxygen atoms in total. The summed E-state index contributed by atoms with van der Waals surface area (Å²) in [5.41, 5.74) is 1.90. The van der Waals surface area contributed by atoms with Crippen molar-refractivity contribution < 1.29 is 13.5 Å². The summed E-state index contributed by atoms with van der Waals surface area (Å²) < 4.78 is 33.5. The predicted octanol–water partition coefficient (Wildman–Crippen LogP) is 5.54. The summed E-state index contributed by atoms with van der Waals surface area (Å²) in [6.45, 7) is 0. The van der Waals surface area contributed by atoms with E-state index in [0.29, 0.717) is 11.4 Å². The van der Waals surface area contributed by atoms with Crippen LogP contribution in [0.1, 0.15) is 0 Å². The van der Waals surface area contributed by atoms with E-state index in [1.807, 2.05) is 48.5 Å². The van der Waals surface area contributed by atoms with Crippen LogP contribution in [0.15, 0.2) is 66.7 Å². The number of halogens is 2. The Morgan fingerprint density at radius 1 is 0.773 bits per heavy atom. The Labute approximate surface area is 126 Å². The van der Waals surface area contributed by atoms with Crippen molar-refractivity contribution in [1.29, 1.82) is 0 Å². The highest BCUT2D eigenvalue weighted by Gasteiger charge is 2.28. The van der Waals surface area contributed by atoms with Crippen LogP contribution in [0.2, 0.25) is 0 Å². The van der Waals surface area contributed by atoms with Gasteiger partial charge in [-0.25, -0.2) is 8.78 Å². The summed E-state index contributed by atoms with van der Waals surface area (Å²) in [6.07, 6.45) is 0. The second-order valence-electron chi connectivity index (χ2n) is 4.98. The van der Waals surface area contributed by atoms with Crippen LogP contribution < -0.4 is 9.64 Å². The molecular weight excluding hydrogens is 284 g/mol. The lowest BCUT2D eigenvalue weighted by Crippen LogP contribution is -2.16. The van der Waals surface area contributed by atoms with E-state index < -0.39 is 11.6 Å². The molecule has 0 saturated heterocycles. The lowest BCUT2D eigenvalue weighted by molar-refractivity contribution is 0.433. The number of nitrogens with zero attached hydrogens (tertiary/aromatic N) is 1. The van der Waals surface area contributed by atoms with E-state index in [9.17, 15) is 8.78 Å². The van der Waals surface area contributed by atoms with E-state index in [4.69, 9.17) is 4.74 Å². The van der Waals surface area contributed by atoms with Crippen molar-refractivity contribution in [2.24, 2.45) is 0 Å². The maximum atomic E-state index is 14.1. The number of hydrogen-bond acceptors (Lipinski definition) is 2. The van der Waals surface area contributed by atoms with E-state index in [1.54, 1.807) is 11.0 Å². The maximum absolute atomic E-state index is 14.1. The number of rotatable bonds is 1. The van der Waals surface area contributed by atoms with Crippen LogP contribution in [0.3, 0.4) is 0 Å². The molecule has 0 saturated carbocycles. The van der Waals surface area contributed by atoms with Gasteiger partial charge in [-0.2, -0.15) is 0 Å². The summed E-state index contributed by atoms with van der Waals surface area (Å²) in [6, 6.07) is 18.8. The van der Waals surface area contributed by atoms with Gasteiger partial charge < -0.3 is 9.64 Å².